The van der Waals surface area contributed by atoms with Gasteiger partial charge in [-0.15, -0.1) is 0 Å². The molecule has 0 unspecified atom stereocenters. The van der Waals surface area contributed by atoms with Crippen molar-refractivity contribution in [2.24, 2.45) is 0 Å². The molecule has 43 heavy (non-hydrogen) atoms. The third kappa shape index (κ3) is 3.81. The van der Waals surface area contributed by atoms with Crippen LogP contribution in [0.15, 0.2) is 144 Å². The lowest BCUT2D eigenvalue weighted by Crippen LogP contribution is -2.00. The van der Waals surface area contributed by atoms with E-state index in [1.165, 1.54) is 5.39 Å². The molecular weight excluding hydrogens is 526 g/mol. The van der Waals surface area contributed by atoms with Crippen molar-refractivity contribution in [3.8, 4) is 34.2 Å². The molecule has 0 radical (unpaired) electrons. The van der Waals surface area contributed by atoms with Crippen LogP contribution in [0.4, 0.5) is 0 Å². The third-order valence-corrected chi connectivity index (χ3v) is 8.28. The van der Waals surface area contributed by atoms with Crippen LogP contribution in [0.5, 0.6) is 0 Å². The van der Waals surface area contributed by atoms with Crippen molar-refractivity contribution in [3.05, 3.63) is 140 Å². The van der Waals surface area contributed by atoms with Crippen LogP contribution in [0.2, 0.25) is 0 Å². The topological polar surface area (TPSA) is 51.8 Å². The van der Waals surface area contributed by atoms with E-state index in [-0.39, 0.29) is 0 Å². The molecule has 0 fully saturated rings. The molecule has 2 heterocycles. The number of para-hydroxylation sites is 1. The van der Waals surface area contributed by atoms with E-state index in [0.29, 0.717) is 17.5 Å². The first-order valence-electron chi connectivity index (χ1n) is 14.4. The van der Waals surface area contributed by atoms with Gasteiger partial charge in [-0.1, -0.05) is 121 Å². The lowest BCUT2D eigenvalue weighted by Gasteiger charge is -2.11. The Labute approximate surface area is 246 Å². The zero-order chi connectivity index (χ0) is 28.3. The quantitative estimate of drug-likeness (QED) is 0.206. The second kappa shape index (κ2) is 9.33. The molecule has 0 amide bonds. The molecule has 200 valence electrons. The normalized spacial score (nSPS) is 11.7. The predicted molar refractivity (Wildman–Crippen MR) is 176 cm³/mol. The summed E-state index contributed by atoms with van der Waals surface area (Å²) in [5.74, 6) is 1.94. The molecule has 4 nitrogen and oxygen atoms in total. The molecule has 9 rings (SSSR count). The lowest BCUT2D eigenvalue weighted by molar-refractivity contribution is 0.673. The standard InChI is InChI=1S/C39H23N3O/c1-2-11-25(12-3-1)37-40-38(27-19-18-24-10-4-5-13-26(24)22-27)42-39(41-37)28-20-21-30-33(23-28)29-14-6-7-15-31(29)36-35(30)32-16-8-9-17-34(32)43-36/h1-23H. The summed E-state index contributed by atoms with van der Waals surface area (Å²) < 4.78 is 6.42. The van der Waals surface area contributed by atoms with Crippen molar-refractivity contribution in [1.29, 1.82) is 0 Å². The van der Waals surface area contributed by atoms with Crippen LogP contribution in [-0.4, -0.2) is 15.0 Å². The van der Waals surface area contributed by atoms with E-state index in [2.05, 4.69) is 97.1 Å². The minimum absolute atomic E-state index is 0.639. The molecule has 4 heteroatoms. The molecular formula is C39H23N3O. The second-order valence-corrected chi connectivity index (χ2v) is 10.8. The van der Waals surface area contributed by atoms with Crippen molar-refractivity contribution in [3.63, 3.8) is 0 Å². The zero-order valence-electron chi connectivity index (χ0n) is 23.0. The van der Waals surface area contributed by atoms with Crippen LogP contribution in [0, 0.1) is 0 Å². The van der Waals surface area contributed by atoms with Crippen LogP contribution in [0.25, 0.3) is 88.4 Å². The first-order chi connectivity index (χ1) is 21.3. The number of fused-ring (bicyclic) bond motifs is 9. The minimum atomic E-state index is 0.639. The molecule has 0 aliphatic rings. The highest BCUT2D eigenvalue weighted by Gasteiger charge is 2.18. The smallest absolute Gasteiger partial charge is 0.164 e. The van der Waals surface area contributed by atoms with Crippen LogP contribution >= 0.6 is 0 Å². The highest BCUT2D eigenvalue weighted by molar-refractivity contribution is 6.30. The fraction of sp³-hybridized carbons (Fsp3) is 0. The van der Waals surface area contributed by atoms with E-state index in [1.54, 1.807) is 0 Å². The van der Waals surface area contributed by atoms with Crippen LogP contribution in [-0.2, 0) is 0 Å². The highest BCUT2D eigenvalue weighted by Crippen LogP contribution is 2.41. The van der Waals surface area contributed by atoms with Gasteiger partial charge in [0.05, 0.1) is 0 Å². The van der Waals surface area contributed by atoms with Crippen molar-refractivity contribution >= 4 is 54.3 Å². The van der Waals surface area contributed by atoms with Gasteiger partial charge in [0.2, 0.25) is 0 Å². The Hall–Kier alpha value is -5.87. The van der Waals surface area contributed by atoms with Gasteiger partial charge in [0.25, 0.3) is 0 Å². The number of benzene rings is 7. The molecule has 9 aromatic rings. The lowest BCUT2D eigenvalue weighted by atomic mass is 9.95. The molecule has 0 bridgehead atoms. The second-order valence-electron chi connectivity index (χ2n) is 10.8. The molecule has 0 aliphatic heterocycles. The molecule has 0 saturated carbocycles. The SMILES string of the molecule is c1ccc(-c2nc(-c3ccc4ccccc4c3)nc(-c3ccc4c(c3)c3ccccc3c3oc5ccccc5c43)n2)cc1. The Morgan fingerprint density at radius 3 is 1.79 bits per heavy atom. The van der Waals surface area contributed by atoms with Crippen molar-refractivity contribution in [2.45, 2.75) is 0 Å². The zero-order valence-corrected chi connectivity index (χ0v) is 23.0. The van der Waals surface area contributed by atoms with E-state index in [1.807, 2.05) is 42.5 Å². The average molecular weight is 550 g/mol. The van der Waals surface area contributed by atoms with Gasteiger partial charge in [0.1, 0.15) is 11.2 Å². The van der Waals surface area contributed by atoms with E-state index in [4.69, 9.17) is 19.4 Å². The van der Waals surface area contributed by atoms with Crippen molar-refractivity contribution < 1.29 is 4.42 Å². The molecule has 0 saturated heterocycles. The van der Waals surface area contributed by atoms with Crippen LogP contribution in [0.1, 0.15) is 0 Å². The number of nitrogens with zero attached hydrogens (tertiary/aromatic N) is 3. The minimum Gasteiger partial charge on any atom is -0.455 e. The molecule has 0 N–H and O–H groups in total. The number of aromatic nitrogens is 3. The third-order valence-electron chi connectivity index (χ3n) is 8.28. The van der Waals surface area contributed by atoms with E-state index < -0.39 is 0 Å². The van der Waals surface area contributed by atoms with Gasteiger partial charge in [-0.05, 0) is 45.1 Å². The fourth-order valence-corrected chi connectivity index (χ4v) is 6.22. The summed E-state index contributed by atoms with van der Waals surface area (Å²) in [5, 5.41) is 9.10. The molecule has 0 spiro atoms. The fourth-order valence-electron chi connectivity index (χ4n) is 6.22. The molecule has 7 aromatic carbocycles. The Morgan fingerprint density at radius 2 is 0.977 bits per heavy atom. The summed E-state index contributed by atoms with van der Waals surface area (Å²) in [5.41, 5.74) is 4.65. The van der Waals surface area contributed by atoms with Gasteiger partial charge in [0.15, 0.2) is 17.5 Å². The average Bonchev–Trinajstić information content (AvgIpc) is 3.48. The number of furan rings is 1. The van der Waals surface area contributed by atoms with Gasteiger partial charge in [-0.25, -0.2) is 15.0 Å². The Bertz CT molecular complexity index is 2510. The maximum atomic E-state index is 6.42. The number of hydrogen-bond acceptors (Lipinski definition) is 4. The van der Waals surface area contributed by atoms with Gasteiger partial charge < -0.3 is 4.42 Å². The molecule has 0 aliphatic carbocycles. The van der Waals surface area contributed by atoms with E-state index in [9.17, 15) is 0 Å². The summed E-state index contributed by atoms with van der Waals surface area (Å²) in [4.78, 5) is 15.0. The molecule has 2 aromatic heterocycles. The van der Waals surface area contributed by atoms with Gasteiger partial charge in [-0.3, -0.25) is 0 Å². The van der Waals surface area contributed by atoms with Crippen LogP contribution < -0.4 is 0 Å². The first-order valence-corrected chi connectivity index (χ1v) is 14.4. The Kier molecular flexibility index (Phi) is 5.16. The maximum absolute atomic E-state index is 6.42. The maximum Gasteiger partial charge on any atom is 0.164 e. The summed E-state index contributed by atoms with van der Waals surface area (Å²) >= 11 is 0. The summed E-state index contributed by atoms with van der Waals surface area (Å²) in [6, 6.07) is 48.0. The summed E-state index contributed by atoms with van der Waals surface area (Å²) in [6.45, 7) is 0. The monoisotopic (exact) mass is 549 g/mol. The van der Waals surface area contributed by atoms with Crippen LogP contribution in [0.3, 0.4) is 0 Å². The predicted octanol–water partition coefficient (Wildman–Crippen LogP) is 10.2. The number of hydrogen-bond donors (Lipinski definition) is 0. The number of rotatable bonds is 3. The van der Waals surface area contributed by atoms with Gasteiger partial charge in [-0.2, -0.15) is 0 Å². The summed E-state index contributed by atoms with van der Waals surface area (Å²) in [7, 11) is 0. The van der Waals surface area contributed by atoms with Gasteiger partial charge in [0, 0.05) is 32.8 Å². The highest BCUT2D eigenvalue weighted by atomic mass is 16.3. The van der Waals surface area contributed by atoms with E-state index >= 15 is 0 Å². The Morgan fingerprint density at radius 1 is 0.372 bits per heavy atom. The Balaban J connectivity index is 1.31. The van der Waals surface area contributed by atoms with E-state index in [0.717, 1.165) is 65.6 Å². The first kappa shape index (κ1) is 23.8. The molecule has 0 atom stereocenters. The van der Waals surface area contributed by atoms with Crippen molar-refractivity contribution in [1.82, 2.24) is 15.0 Å². The van der Waals surface area contributed by atoms with Crippen molar-refractivity contribution in [2.75, 3.05) is 0 Å². The summed E-state index contributed by atoms with van der Waals surface area (Å²) in [6.07, 6.45) is 0. The largest absolute Gasteiger partial charge is 0.455 e. The van der Waals surface area contributed by atoms with Gasteiger partial charge >= 0.3 is 0 Å².